The molecule has 2 rings (SSSR count). The molecule has 4 nitrogen and oxygen atoms in total. The van der Waals surface area contributed by atoms with Crippen LogP contribution in [-0.4, -0.2) is 23.5 Å². The van der Waals surface area contributed by atoms with Crippen molar-refractivity contribution in [1.82, 2.24) is 10.3 Å². The van der Waals surface area contributed by atoms with Gasteiger partial charge in [0.25, 0.3) is 0 Å². The van der Waals surface area contributed by atoms with Crippen molar-refractivity contribution in [2.45, 2.75) is 38.6 Å². The molecule has 5 heteroatoms. The van der Waals surface area contributed by atoms with Crippen molar-refractivity contribution >= 4 is 17.2 Å². The van der Waals surface area contributed by atoms with Crippen LogP contribution in [0.1, 0.15) is 31.5 Å². The second-order valence-corrected chi connectivity index (χ2v) is 6.62. The first kappa shape index (κ1) is 16.5. The molecule has 0 aliphatic rings. The van der Waals surface area contributed by atoms with E-state index in [0.717, 1.165) is 23.4 Å². The van der Waals surface area contributed by atoms with Crippen LogP contribution in [0.3, 0.4) is 0 Å². The van der Waals surface area contributed by atoms with Crippen molar-refractivity contribution in [3.8, 4) is 5.75 Å². The molecule has 0 spiro atoms. The SMILES string of the molecule is COc1ccccc1CC(C)(C)NC(=O)CCc1cscn1. The van der Waals surface area contributed by atoms with E-state index in [2.05, 4.69) is 10.3 Å². The fraction of sp³-hybridized carbons (Fsp3) is 0.412. The number of carbonyl (C=O) groups excluding carboxylic acids is 1. The van der Waals surface area contributed by atoms with Gasteiger partial charge in [0.15, 0.2) is 0 Å². The highest BCUT2D eigenvalue weighted by molar-refractivity contribution is 7.07. The van der Waals surface area contributed by atoms with Gasteiger partial charge < -0.3 is 10.1 Å². The zero-order valence-corrected chi connectivity index (χ0v) is 14.1. The molecule has 0 radical (unpaired) electrons. The van der Waals surface area contributed by atoms with Crippen molar-refractivity contribution < 1.29 is 9.53 Å². The summed E-state index contributed by atoms with van der Waals surface area (Å²) in [6, 6.07) is 7.90. The number of benzene rings is 1. The largest absolute Gasteiger partial charge is 0.496 e. The topological polar surface area (TPSA) is 51.2 Å². The van der Waals surface area contributed by atoms with Crippen LogP contribution in [0.15, 0.2) is 35.2 Å². The number of carbonyl (C=O) groups is 1. The Balaban J connectivity index is 1.90. The van der Waals surface area contributed by atoms with E-state index in [9.17, 15) is 4.79 Å². The fourth-order valence-electron chi connectivity index (χ4n) is 2.41. The van der Waals surface area contributed by atoms with Crippen LogP contribution in [0.2, 0.25) is 0 Å². The maximum Gasteiger partial charge on any atom is 0.220 e. The Morgan fingerprint density at radius 2 is 2.14 bits per heavy atom. The smallest absolute Gasteiger partial charge is 0.220 e. The van der Waals surface area contributed by atoms with E-state index in [1.54, 1.807) is 24.0 Å². The van der Waals surface area contributed by atoms with Gasteiger partial charge in [-0.05, 0) is 38.3 Å². The minimum Gasteiger partial charge on any atom is -0.496 e. The van der Waals surface area contributed by atoms with Crippen molar-refractivity contribution in [3.63, 3.8) is 0 Å². The summed E-state index contributed by atoms with van der Waals surface area (Å²) in [7, 11) is 1.66. The highest BCUT2D eigenvalue weighted by atomic mass is 32.1. The van der Waals surface area contributed by atoms with Gasteiger partial charge in [-0.2, -0.15) is 0 Å². The van der Waals surface area contributed by atoms with Gasteiger partial charge in [0, 0.05) is 17.3 Å². The zero-order valence-electron chi connectivity index (χ0n) is 13.3. The molecule has 22 heavy (non-hydrogen) atoms. The average molecular weight is 318 g/mol. The van der Waals surface area contributed by atoms with Gasteiger partial charge in [0.1, 0.15) is 5.75 Å². The Morgan fingerprint density at radius 1 is 1.36 bits per heavy atom. The molecule has 118 valence electrons. The van der Waals surface area contributed by atoms with Crippen LogP contribution in [-0.2, 0) is 17.6 Å². The van der Waals surface area contributed by atoms with E-state index < -0.39 is 0 Å². The summed E-state index contributed by atoms with van der Waals surface area (Å²) in [6.45, 7) is 4.06. The van der Waals surface area contributed by atoms with E-state index in [0.29, 0.717) is 12.8 Å². The van der Waals surface area contributed by atoms with Crippen LogP contribution in [0.4, 0.5) is 0 Å². The van der Waals surface area contributed by atoms with Gasteiger partial charge in [-0.3, -0.25) is 4.79 Å². The molecule has 2 aromatic rings. The molecule has 0 unspecified atom stereocenters. The van der Waals surface area contributed by atoms with E-state index >= 15 is 0 Å². The number of ether oxygens (including phenoxy) is 1. The van der Waals surface area contributed by atoms with E-state index in [1.807, 2.05) is 43.5 Å². The van der Waals surface area contributed by atoms with Crippen LogP contribution < -0.4 is 10.1 Å². The molecule has 0 fully saturated rings. The Labute approximate surface area is 135 Å². The molecular weight excluding hydrogens is 296 g/mol. The fourth-order valence-corrected chi connectivity index (χ4v) is 3.00. The van der Waals surface area contributed by atoms with Crippen LogP contribution in [0, 0.1) is 0 Å². The summed E-state index contributed by atoms with van der Waals surface area (Å²) >= 11 is 1.55. The molecule has 0 bridgehead atoms. The van der Waals surface area contributed by atoms with Gasteiger partial charge in [-0.1, -0.05) is 18.2 Å². The number of aryl methyl sites for hydroxylation is 1. The first-order chi connectivity index (χ1) is 10.5. The molecule has 0 aliphatic carbocycles. The molecule has 1 aromatic heterocycles. The molecule has 0 aliphatic heterocycles. The number of rotatable bonds is 7. The summed E-state index contributed by atoms with van der Waals surface area (Å²) in [5.74, 6) is 0.903. The van der Waals surface area contributed by atoms with Crippen LogP contribution in [0.5, 0.6) is 5.75 Å². The second kappa shape index (κ2) is 7.40. The monoisotopic (exact) mass is 318 g/mol. The lowest BCUT2D eigenvalue weighted by atomic mass is 9.94. The Bertz CT molecular complexity index is 609. The molecule has 1 amide bonds. The summed E-state index contributed by atoms with van der Waals surface area (Å²) in [5, 5.41) is 5.08. The first-order valence-electron chi connectivity index (χ1n) is 7.30. The third kappa shape index (κ3) is 4.84. The van der Waals surface area contributed by atoms with Gasteiger partial charge in [-0.25, -0.2) is 4.98 Å². The standard InChI is InChI=1S/C17H22N2O2S/c1-17(2,10-13-6-4-5-7-15(13)21-3)19-16(20)9-8-14-11-22-12-18-14/h4-7,11-12H,8-10H2,1-3H3,(H,19,20). The number of amides is 1. The van der Waals surface area contributed by atoms with E-state index in [4.69, 9.17) is 4.74 Å². The lowest BCUT2D eigenvalue weighted by Gasteiger charge is -2.27. The maximum absolute atomic E-state index is 12.1. The third-order valence-electron chi connectivity index (χ3n) is 3.39. The minimum atomic E-state index is -0.326. The zero-order chi connectivity index (χ0) is 16.0. The maximum atomic E-state index is 12.1. The molecule has 0 atom stereocenters. The average Bonchev–Trinajstić information content (AvgIpc) is 2.98. The summed E-state index contributed by atoms with van der Waals surface area (Å²) in [5.41, 5.74) is 3.53. The Morgan fingerprint density at radius 3 is 2.82 bits per heavy atom. The van der Waals surface area contributed by atoms with Crippen molar-refractivity contribution in [2.24, 2.45) is 0 Å². The number of hydrogen-bond acceptors (Lipinski definition) is 4. The number of thiazole rings is 1. The quantitative estimate of drug-likeness (QED) is 0.853. The Hall–Kier alpha value is -1.88. The summed E-state index contributed by atoms with van der Waals surface area (Å²) in [4.78, 5) is 16.3. The Kier molecular flexibility index (Phi) is 5.55. The molecule has 1 N–H and O–H groups in total. The van der Waals surface area contributed by atoms with Gasteiger partial charge in [-0.15, -0.1) is 11.3 Å². The minimum absolute atomic E-state index is 0.0490. The summed E-state index contributed by atoms with van der Waals surface area (Å²) < 4.78 is 5.37. The molecule has 0 saturated heterocycles. The molecule has 1 heterocycles. The number of aromatic nitrogens is 1. The molecule has 1 aromatic carbocycles. The van der Waals surface area contributed by atoms with Gasteiger partial charge in [0.05, 0.1) is 18.3 Å². The lowest BCUT2D eigenvalue weighted by molar-refractivity contribution is -0.122. The van der Waals surface area contributed by atoms with Crippen LogP contribution >= 0.6 is 11.3 Å². The van der Waals surface area contributed by atoms with Gasteiger partial charge >= 0.3 is 0 Å². The predicted octanol–water partition coefficient (Wildman–Crippen LogP) is 3.22. The van der Waals surface area contributed by atoms with E-state index in [-0.39, 0.29) is 11.4 Å². The number of methoxy groups -OCH3 is 1. The molecular formula is C17H22N2O2S. The van der Waals surface area contributed by atoms with Crippen LogP contribution in [0.25, 0.3) is 0 Å². The third-order valence-corrected chi connectivity index (χ3v) is 4.03. The second-order valence-electron chi connectivity index (χ2n) is 5.90. The van der Waals surface area contributed by atoms with E-state index in [1.165, 1.54) is 0 Å². The van der Waals surface area contributed by atoms with Crippen molar-refractivity contribution in [1.29, 1.82) is 0 Å². The lowest BCUT2D eigenvalue weighted by Crippen LogP contribution is -2.45. The first-order valence-corrected chi connectivity index (χ1v) is 8.24. The van der Waals surface area contributed by atoms with Crippen molar-refractivity contribution in [2.75, 3.05) is 7.11 Å². The van der Waals surface area contributed by atoms with Gasteiger partial charge in [0.2, 0.25) is 5.91 Å². The summed E-state index contributed by atoms with van der Waals surface area (Å²) in [6.07, 6.45) is 1.86. The number of nitrogens with one attached hydrogen (secondary N) is 1. The normalized spacial score (nSPS) is 11.2. The highest BCUT2D eigenvalue weighted by Crippen LogP contribution is 2.22. The molecule has 0 saturated carbocycles. The number of nitrogens with zero attached hydrogens (tertiary/aromatic N) is 1. The number of hydrogen-bond donors (Lipinski definition) is 1. The predicted molar refractivity (Wildman–Crippen MR) is 89.4 cm³/mol. The van der Waals surface area contributed by atoms with Crippen molar-refractivity contribution in [3.05, 3.63) is 46.4 Å². The number of para-hydroxylation sites is 1. The highest BCUT2D eigenvalue weighted by Gasteiger charge is 2.22.